The number of aliphatic carboxylic acids is 1. The Labute approximate surface area is 81.8 Å². The molecule has 0 aromatic heterocycles. The second kappa shape index (κ2) is 3.50. The first-order valence-corrected chi connectivity index (χ1v) is 5.60. The smallest absolute Gasteiger partial charge is 0.324 e. The minimum Gasteiger partial charge on any atom is -0.480 e. The van der Waals surface area contributed by atoms with E-state index in [9.17, 15) is 4.79 Å². The average molecular weight is 202 g/mol. The third-order valence-corrected chi connectivity index (χ3v) is 4.42. The molecule has 0 spiro atoms. The first kappa shape index (κ1) is 9.34. The van der Waals surface area contributed by atoms with Gasteiger partial charge in [0.15, 0.2) is 4.75 Å². The zero-order chi connectivity index (χ0) is 9.31. The van der Waals surface area contributed by atoms with Gasteiger partial charge in [0.1, 0.15) is 0 Å². The molecule has 0 radical (unpaired) electrons. The summed E-state index contributed by atoms with van der Waals surface area (Å²) in [5.74, 6) is -0.698. The summed E-state index contributed by atoms with van der Waals surface area (Å²) >= 11 is 1.62. The fourth-order valence-electron chi connectivity index (χ4n) is 1.85. The van der Waals surface area contributed by atoms with E-state index in [1.54, 1.807) is 11.8 Å². The third-order valence-electron chi connectivity index (χ3n) is 2.75. The van der Waals surface area contributed by atoms with E-state index in [4.69, 9.17) is 9.84 Å². The van der Waals surface area contributed by atoms with Crippen molar-refractivity contribution in [1.82, 2.24) is 0 Å². The predicted octanol–water partition coefficient (Wildman–Crippen LogP) is 1.52. The summed E-state index contributed by atoms with van der Waals surface area (Å²) in [7, 11) is 0. The second-order valence-corrected chi connectivity index (χ2v) is 5.50. The van der Waals surface area contributed by atoms with Gasteiger partial charge in [-0.15, -0.1) is 11.8 Å². The second-order valence-electron chi connectivity index (χ2n) is 3.82. The molecular formula is C9H14O3S. The molecule has 1 saturated heterocycles. The first-order chi connectivity index (χ1) is 6.23. The third kappa shape index (κ3) is 1.70. The lowest BCUT2D eigenvalue weighted by Crippen LogP contribution is -2.54. The number of hydrogen-bond acceptors (Lipinski definition) is 3. The Kier molecular flexibility index (Phi) is 2.51. The molecule has 1 heterocycles. The van der Waals surface area contributed by atoms with E-state index in [0.29, 0.717) is 18.5 Å². The molecule has 0 bridgehead atoms. The molecule has 1 saturated carbocycles. The van der Waals surface area contributed by atoms with Gasteiger partial charge in [0.25, 0.3) is 0 Å². The molecule has 0 amide bonds. The zero-order valence-electron chi connectivity index (χ0n) is 7.49. The molecule has 0 unspecified atom stereocenters. The molecule has 0 aromatic carbocycles. The summed E-state index contributed by atoms with van der Waals surface area (Å²) in [4.78, 5) is 11.0. The first-order valence-electron chi connectivity index (χ1n) is 4.72. The maximum absolute atomic E-state index is 11.0. The lowest BCUT2D eigenvalue weighted by molar-refractivity contribution is -0.151. The van der Waals surface area contributed by atoms with Crippen LogP contribution in [0.2, 0.25) is 0 Å². The molecule has 3 nitrogen and oxygen atoms in total. The van der Waals surface area contributed by atoms with Gasteiger partial charge in [-0.2, -0.15) is 0 Å². The van der Waals surface area contributed by atoms with Crippen LogP contribution in [0, 0.1) is 0 Å². The molecule has 1 aliphatic carbocycles. The maximum atomic E-state index is 11.0. The minimum absolute atomic E-state index is 0.392. The molecule has 13 heavy (non-hydrogen) atoms. The Morgan fingerprint density at radius 3 is 2.38 bits per heavy atom. The van der Waals surface area contributed by atoms with E-state index in [1.807, 2.05) is 0 Å². The van der Waals surface area contributed by atoms with Crippen LogP contribution >= 0.6 is 11.8 Å². The van der Waals surface area contributed by atoms with Crippen LogP contribution in [0.4, 0.5) is 0 Å². The van der Waals surface area contributed by atoms with E-state index in [2.05, 4.69) is 0 Å². The minimum atomic E-state index is -0.698. The van der Waals surface area contributed by atoms with E-state index in [-0.39, 0.29) is 0 Å². The van der Waals surface area contributed by atoms with Crippen molar-refractivity contribution >= 4 is 17.7 Å². The van der Waals surface area contributed by atoms with Gasteiger partial charge in [0.2, 0.25) is 0 Å². The Balaban J connectivity index is 1.93. The summed E-state index contributed by atoms with van der Waals surface area (Å²) in [6.07, 6.45) is 4.88. The molecule has 1 N–H and O–H groups in total. The monoisotopic (exact) mass is 202 g/mol. The van der Waals surface area contributed by atoms with E-state index >= 15 is 0 Å². The van der Waals surface area contributed by atoms with Crippen LogP contribution in [0.3, 0.4) is 0 Å². The number of rotatable bonds is 3. The highest BCUT2D eigenvalue weighted by Crippen LogP contribution is 2.42. The Morgan fingerprint density at radius 2 is 2.00 bits per heavy atom. The van der Waals surface area contributed by atoms with Crippen LogP contribution in [0.25, 0.3) is 0 Å². The van der Waals surface area contributed by atoms with Gasteiger partial charge >= 0.3 is 5.97 Å². The highest BCUT2D eigenvalue weighted by atomic mass is 32.2. The molecule has 0 aromatic rings. The highest BCUT2D eigenvalue weighted by molar-refractivity contribution is 8.02. The van der Waals surface area contributed by atoms with Crippen molar-refractivity contribution in [3.8, 4) is 0 Å². The van der Waals surface area contributed by atoms with Crippen LogP contribution in [0.15, 0.2) is 0 Å². The Morgan fingerprint density at radius 1 is 1.38 bits per heavy atom. The summed E-state index contributed by atoms with van der Waals surface area (Å²) in [6, 6.07) is 0. The standard InChI is InChI=1S/C9H14O3S/c10-8(11)9(5-12-6-9)13-7-3-1-2-4-7/h7H,1-6H2,(H,10,11). The van der Waals surface area contributed by atoms with Crippen molar-refractivity contribution in [3.05, 3.63) is 0 Å². The molecule has 2 rings (SSSR count). The normalized spacial score (nSPS) is 27.1. The molecule has 2 aliphatic rings. The number of carboxylic acids is 1. The summed E-state index contributed by atoms with van der Waals surface area (Å²) in [5.41, 5.74) is 0. The summed E-state index contributed by atoms with van der Waals surface area (Å²) in [6.45, 7) is 0.785. The van der Waals surface area contributed by atoms with Gasteiger partial charge < -0.3 is 9.84 Å². The quantitative estimate of drug-likeness (QED) is 0.753. The highest BCUT2D eigenvalue weighted by Gasteiger charge is 2.48. The van der Waals surface area contributed by atoms with Crippen LogP contribution in [-0.4, -0.2) is 34.3 Å². The number of ether oxygens (including phenoxy) is 1. The van der Waals surface area contributed by atoms with Crippen molar-refractivity contribution in [2.45, 2.75) is 35.7 Å². The Bertz CT molecular complexity index is 207. The summed E-state index contributed by atoms with van der Waals surface area (Å²) in [5, 5.41) is 9.60. The molecule has 4 heteroatoms. The number of carboxylic acid groups (broad SMARTS) is 1. The van der Waals surface area contributed by atoms with Gasteiger partial charge in [-0.25, -0.2) is 0 Å². The largest absolute Gasteiger partial charge is 0.480 e. The van der Waals surface area contributed by atoms with E-state index < -0.39 is 10.7 Å². The predicted molar refractivity (Wildman–Crippen MR) is 51.0 cm³/mol. The molecule has 0 atom stereocenters. The van der Waals surface area contributed by atoms with Gasteiger partial charge in [0.05, 0.1) is 13.2 Å². The van der Waals surface area contributed by atoms with Crippen molar-refractivity contribution in [3.63, 3.8) is 0 Å². The average Bonchev–Trinajstić information content (AvgIpc) is 2.47. The lowest BCUT2D eigenvalue weighted by Gasteiger charge is -2.38. The van der Waals surface area contributed by atoms with Gasteiger partial charge in [-0.1, -0.05) is 12.8 Å². The molecule has 74 valence electrons. The fraction of sp³-hybridized carbons (Fsp3) is 0.889. The van der Waals surface area contributed by atoms with Crippen molar-refractivity contribution < 1.29 is 14.6 Å². The lowest BCUT2D eigenvalue weighted by atomic mass is 10.1. The van der Waals surface area contributed by atoms with Crippen LogP contribution in [0.1, 0.15) is 25.7 Å². The molecule has 2 fully saturated rings. The maximum Gasteiger partial charge on any atom is 0.324 e. The number of carbonyl (C=O) groups is 1. The number of thioether (sulfide) groups is 1. The van der Waals surface area contributed by atoms with Gasteiger partial charge in [-0.3, -0.25) is 4.79 Å². The summed E-state index contributed by atoms with van der Waals surface area (Å²) < 4.78 is 4.41. The topological polar surface area (TPSA) is 46.5 Å². The van der Waals surface area contributed by atoms with Crippen LogP contribution in [0.5, 0.6) is 0 Å². The van der Waals surface area contributed by atoms with E-state index in [1.165, 1.54) is 25.7 Å². The van der Waals surface area contributed by atoms with Crippen molar-refractivity contribution in [2.75, 3.05) is 13.2 Å². The van der Waals surface area contributed by atoms with Crippen molar-refractivity contribution in [1.29, 1.82) is 0 Å². The molecule has 1 aliphatic heterocycles. The van der Waals surface area contributed by atoms with Gasteiger partial charge in [0, 0.05) is 5.25 Å². The molecular weight excluding hydrogens is 188 g/mol. The SMILES string of the molecule is O=C(O)C1(SC2CCCC2)COC1. The van der Waals surface area contributed by atoms with Gasteiger partial charge in [-0.05, 0) is 12.8 Å². The fourth-order valence-corrected chi connectivity index (χ4v) is 3.47. The number of hydrogen-bond donors (Lipinski definition) is 1. The van der Waals surface area contributed by atoms with E-state index in [0.717, 1.165) is 0 Å². The zero-order valence-corrected chi connectivity index (χ0v) is 8.31. The van der Waals surface area contributed by atoms with Crippen molar-refractivity contribution in [2.24, 2.45) is 0 Å². The van der Waals surface area contributed by atoms with Crippen LogP contribution < -0.4 is 0 Å². The Hall–Kier alpha value is -0.220. The van der Waals surface area contributed by atoms with Crippen LogP contribution in [-0.2, 0) is 9.53 Å².